The van der Waals surface area contributed by atoms with Gasteiger partial charge in [0, 0.05) is 26.1 Å². The smallest absolute Gasteiger partial charge is 0.276 e. The Hall–Kier alpha value is -2.25. The summed E-state index contributed by atoms with van der Waals surface area (Å²) >= 11 is 0. The molecule has 0 bridgehead atoms. The van der Waals surface area contributed by atoms with Crippen LogP contribution in [0.2, 0.25) is 0 Å². The molecule has 1 aromatic heterocycles. The van der Waals surface area contributed by atoms with Gasteiger partial charge in [-0.15, -0.1) is 5.10 Å². The van der Waals surface area contributed by atoms with Crippen molar-refractivity contribution < 1.29 is 15.0 Å². The van der Waals surface area contributed by atoms with Gasteiger partial charge in [-0.25, -0.2) is 0 Å². The molecule has 1 saturated heterocycles. The van der Waals surface area contributed by atoms with Gasteiger partial charge < -0.3 is 15.1 Å². The van der Waals surface area contributed by atoms with Crippen molar-refractivity contribution in [3.05, 3.63) is 47.3 Å². The number of piperidine rings is 1. The fraction of sp³-hybridized carbons (Fsp3) is 0.710. The van der Waals surface area contributed by atoms with Crippen LogP contribution in [0.3, 0.4) is 0 Å². The predicted octanol–water partition coefficient (Wildman–Crippen LogP) is 5.07. The highest BCUT2D eigenvalue weighted by atomic mass is 16.3. The number of amides is 1. The van der Waals surface area contributed by atoms with E-state index in [0.717, 1.165) is 56.5 Å². The van der Waals surface area contributed by atoms with Crippen LogP contribution in [0.1, 0.15) is 95.0 Å². The average Bonchev–Trinajstić information content (AvgIpc) is 3.53. The molecule has 2 heterocycles. The van der Waals surface area contributed by atoms with Gasteiger partial charge in [0.25, 0.3) is 5.91 Å². The number of hydrogen-bond donors (Lipinski definition) is 2. The van der Waals surface area contributed by atoms with Crippen LogP contribution in [-0.4, -0.2) is 61.3 Å². The molecule has 0 spiro atoms. The summed E-state index contributed by atoms with van der Waals surface area (Å²) in [5.74, 6) is 1.84. The third-order valence-electron chi connectivity index (χ3n) is 10.2. The second-order valence-corrected chi connectivity index (χ2v) is 12.6. The number of nitrogens with zero attached hydrogens (tertiary/aromatic N) is 4. The number of aryl methyl sites for hydroxylation is 1. The summed E-state index contributed by atoms with van der Waals surface area (Å²) in [5.41, 5.74) is 4.05. The number of aromatic nitrogens is 3. The normalized spacial score (nSPS) is 35.1. The van der Waals surface area contributed by atoms with Gasteiger partial charge in [0.05, 0.1) is 18.4 Å². The molecular formula is C31H46N4O3. The molecule has 3 saturated carbocycles. The molecule has 1 aliphatic heterocycles. The van der Waals surface area contributed by atoms with E-state index in [9.17, 15) is 15.0 Å². The minimum Gasteiger partial charge on any atom is -0.393 e. The molecule has 38 heavy (non-hydrogen) atoms. The van der Waals surface area contributed by atoms with E-state index in [2.05, 4.69) is 42.9 Å². The lowest BCUT2D eigenvalue weighted by Gasteiger charge is -2.44. The van der Waals surface area contributed by atoms with Gasteiger partial charge in [-0.3, -0.25) is 9.48 Å². The van der Waals surface area contributed by atoms with Crippen LogP contribution >= 0.6 is 0 Å². The fourth-order valence-corrected chi connectivity index (χ4v) is 7.98. The maximum Gasteiger partial charge on any atom is 0.276 e. The van der Waals surface area contributed by atoms with Gasteiger partial charge in [0.1, 0.15) is 0 Å². The van der Waals surface area contributed by atoms with Crippen molar-refractivity contribution in [2.24, 2.45) is 23.2 Å². The molecule has 6 atom stereocenters. The Balaban J connectivity index is 1.21. The molecule has 1 amide bonds. The van der Waals surface area contributed by atoms with Crippen molar-refractivity contribution in [3.8, 4) is 0 Å². The Morgan fingerprint density at radius 3 is 2.79 bits per heavy atom. The van der Waals surface area contributed by atoms with Crippen molar-refractivity contribution in [3.63, 3.8) is 0 Å². The van der Waals surface area contributed by atoms with Crippen LogP contribution < -0.4 is 0 Å². The quantitative estimate of drug-likeness (QED) is 0.544. The summed E-state index contributed by atoms with van der Waals surface area (Å²) in [6.45, 7) is 11.4. The molecule has 7 nitrogen and oxygen atoms in total. The summed E-state index contributed by atoms with van der Waals surface area (Å²) in [4.78, 5) is 14.7. The third kappa shape index (κ3) is 5.55. The summed E-state index contributed by atoms with van der Waals surface area (Å²) in [5, 5.41) is 28.8. The molecule has 3 aliphatic carbocycles. The van der Waals surface area contributed by atoms with E-state index in [-0.39, 0.29) is 5.91 Å². The van der Waals surface area contributed by atoms with Gasteiger partial charge in [0.2, 0.25) is 0 Å². The minimum absolute atomic E-state index is 0.0208. The average molecular weight is 523 g/mol. The Bertz CT molecular complexity index is 1080. The zero-order valence-corrected chi connectivity index (χ0v) is 23.3. The number of rotatable bonds is 6. The second-order valence-electron chi connectivity index (χ2n) is 12.6. The summed E-state index contributed by atoms with van der Waals surface area (Å²) in [7, 11) is 0. The molecule has 0 aromatic carbocycles. The van der Waals surface area contributed by atoms with Gasteiger partial charge in [-0.05, 0) is 98.5 Å². The van der Waals surface area contributed by atoms with E-state index >= 15 is 0 Å². The first kappa shape index (κ1) is 27.3. The van der Waals surface area contributed by atoms with Gasteiger partial charge in [0.15, 0.2) is 5.69 Å². The van der Waals surface area contributed by atoms with Crippen molar-refractivity contribution >= 4 is 5.91 Å². The SMILES string of the molecule is C=C1/C(=C\C=C2CCC[C@]3(C)[C@@H]([C@H](C)CCn4cc(C(=O)N5CCCCC5)nn4)CC[C@@H]23)C[C@H](O)C[C@H]1O. The topological polar surface area (TPSA) is 91.5 Å². The maximum absolute atomic E-state index is 12.8. The molecule has 7 heteroatoms. The third-order valence-corrected chi connectivity index (χ3v) is 10.2. The highest BCUT2D eigenvalue weighted by Crippen LogP contribution is 2.59. The maximum atomic E-state index is 12.8. The van der Waals surface area contributed by atoms with E-state index in [0.29, 0.717) is 41.7 Å². The van der Waals surface area contributed by atoms with Crippen LogP contribution in [-0.2, 0) is 6.54 Å². The molecule has 0 unspecified atom stereocenters. The number of hydrogen-bond acceptors (Lipinski definition) is 5. The number of carbonyl (C=O) groups is 1. The van der Waals surface area contributed by atoms with Crippen molar-refractivity contribution in [1.29, 1.82) is 0 Å². The Kier molecular flexibility index (Phi) is 8.25. The van der Waals surface area contributed by atoms with Gasteiger partial charge in [-0.1, -0.05) is 43.4 Å². The summed E-state index contributed by atoms with van der Waals surface area (Å²) in [6, 6.07) is 0. The lowest BCUT2D eigenvalue weighted by Crippen LogP contribution is -2.36. The fourth-order valence-electron chi connectivity index (χ4n) is 7.98. The van der Waals surface area contributed by atoms with Gasteiger partial charge >= 0.3 is 0 Å². The summed E-state index contributed by atoms with van der Waals surface area (Å²) < 4.78 is 1.86. The van der Waals surface area contributed by atoms with E-state index in [1.165, 1.54) is 37.7 Å². The zero-order valence-electron chi connectivity index (χ0n) is 23.3. The van der Waals surface area contributed by atoms with Crippen molar-refractivity contribution in [1.82, 2.24) is 19.9 Å². The lowest BCUT2D eigenvalue weighted by molar-refractivity contribution is 0.0718. The van der Waals surface area contributed by atoms with Crippen molar-refractivity contribution in [2.75, 3.05) is 13.1 Å². The molecule has 208 valence electrons. The Labute approximate surface area is 227 Å². The predicted molar refractivity (Wildman–Crippen MR) is 148 cm³/mol. The number of aliphatic hydroxyl groups excluding tert-OH is 2. The standard InChI is InChI=1S/C31H46N4O3/c1-21(13-17-35-20-28(32-33-35)30(38)34-15-5-4-6-16-34)26-11-12-27-23(8-7-14-31(26,27)3)9-10-24-18-25(36)19-29(37)22(24)2/h9-10,20-21,25-27,29,36-37H,2,4-8,11-19H2,1,3H3/b23-9?,24-10-/t21-,25+,26-,27+,29-,31-/m1/s1. The lowest BCUT2D eigenvalue weighted by atomic mass is 9.61. The van der Waals surface area contributed by atoms with E-state index in [1.807, 2.05) is 15.8 Å². The van der Waals surface area contributed by atoms with Crippen LogP contribution in [0.4, 0.5) is 0 Å². The highest BCUT2D eigenvalue weighted by Gasteiger charge is 2.50. The van der Waals surface area contributed by atoms with E-state index < -0.39 is 12.2 Å². The minimum atomic E-state index is -0.638. The monoisotopic (exact) mass is 522 g/mol. The first-order chi connectivity index (χ1) is 18.3. The highest BCUT2D eigenvalue weighted by molar-refractivity contribution is 5.91. The number of aliphatic hydroxyl groups is 2. The first-order valence-corrected chi connectivity index (χ1v) is 14.9. The number of allylic oxidation sites excluding steroid dienone is 3. The molecular weight excluding hydrogens is 476 g/mol. The molecule has 4 aliphatic rings. The number of carbonyl (C=O) groups excluding carboxylic acids is 1. The molecule has 1 aromatic rings. The van der Waals surface area contributed by atoms with Gasteiger partial charge in [-0.2, -0.15) is 0 Å². The van der Waals surface area contributed by atoms with E-state index in [1.54, 1.807) is 0 Å². The van der Waals surface area contributed by atoms with Crippen LogP contribution in [0.5, 0.6) is 0 Å². The summed E-state index contributed by atoms with van der Waals surface area (Å²) in [6.07, 6.45) is 16.6. The molecule has 5 rings (SSSR count). The van der Waals surface area contributed by atoms with Crippen LogP contribution in [0.15, 0.2) is 41.6 Å². The van der Waals surface area contributed by atoms with Crippen LogP contribution in [0.25, 0.3) is 0 Å². The molecule has 4 fully saturated rings. The largest absolute Gasteiger partial charge is 0.393 e. The first-order valence-electron chi connectivity index (χ1n) is 14.9. The zero-order chi connectivity index (χ0) is 26.9. The van der Waals surface area contributed by atoms with E-state index in [4.69, 9.17) is 0 Å². The van der Waals surface area contributed by atoms with Crippen LogP contribution in [0, 0.1) is 23.2 Å². The Morgan fingerprint density at radius 2 is 2.00 bits per heavy atom. The number of fused-ring (bicyclic) bond motifs is 1. The second kappa shape index (κ2) is 11.5. The Morgan fingerprint density at radius 1 is 1.21 bits per heavy atom. The number of likely N-dealkylation sites (tertiary alicyclic amines) is 1. The van der Waals surface area contributed by atoms with Crippen molar-refractivity contribution in [2.45, 2.75) is 103 Å². The molecule has 0 radical (unpaired) electrons. The molecule has 2 N–H and O–H groups in total.